The van der Waals surface area contributed by atoms with Crippen molar-refractivity contribution in [1.82, 2.24) is 20.2 Å². The van der Waals surface area contributed by atoms with Gasteiger partial charge in [-0.05, 0) is 55.0 Å². The number of carbonyl (C=O) groups is 2. The monoisotopic (exact) mass is 449 g/mol. The SMILES string of the molecule is Cc1cc(SCC(=O)NNC(=O)c2ccc(Cl)cc2)n2c(nc3ccccc32)c1C#N. The average molecular weight is 450 g/mol. The highest BCUT2D eigenvalue weighted by atomic mass is 35.5. The minimum atomic E-state index is -0.438. The molecule has 0 aliphatic heterocycles. The predicted octanol–water partition coefficient (Wildman–Crippen LogP) is 3.87. The van der Waals surface area contributed by atoms with Crippen LogP contribution in [0.4, 0.5) is 0 Å². The molecule has 0 bridgehead atoms. The van der Waals surface area contributed by atoms with Crippen molar-refractivity contribution < 1.29 is 9.59 Å². The zero-order chi connectivity index (χ0) is 22.0. The Kier molecular flexibility index (Phi) is 5.80. The lowest BCUT2D eigenvalue weighted by Gasteiger charge is -2.10. The van der Waals surface area contributed by atoms with Gasteiger partial charge >= 0.3 is 0 Å². The maximum Gasteiger partial charge on any atom is 0.269 e. The van der Waals surface area contributed by atoms with Crippen LogP contribution in [0.5, 0.6) is 0 Å². The van der Waals surface area contributed by atoms with Gasteiger partial charge in [0.15, 0.2) is 5.65 Å². The Morgan fingerprint density at radius 2 is 1.90 bits per heavy atom. The van der Waals surface area contributed by atoms with Crippen LogP contribution in [0.25, 0.3) is 16.7 Å². The molecule has 0 saturated heterocycles. The molecule has 4 aromatic rings. The van der Waals surface area contributed by atoms with Gasteiger partial charge in [0.2, 0.25) is 5.91 Å². The zero-order valence-electron chi connectivity index (χ0n) is 16.3. The molecule has 0 atom stereocenters. The van der Waals surface area contributed by atoms with Gasteiger partial charge in [0.05, 0.1) is 27.4 Å². The number of nitriles is 1. The lowest BCUT2D eigenvalue weighted by molar-refractivity contribution is -0.119. The molecule has 0 fully saturated rings. The quantitative estimate of drug-likeness (QED) is 0.364. The van der Waals surface area contributed by atoms with Gasteiger partial charge in [0, 0.05) is 10.6 Å². The van der Waals surface area contributed by atoms with Gasteiger partial charge in [-0.2, -0.15) is 5.26 Å². The van der Waals surface area contributed by atoms with Crippen molar-refractivity contribution in [3.63, 3.8) is 0 Å². The number of aromatic nitrogens is 2. The fourth-order valence-corrected chi connectivity index (χ4v) is 4.19. The molecular formula is C22H16ClN5O2S. The van der Waals surface area contributed by atoms with E-state index in [2.05, 4.69) is 21.9 Å². The summed E-state index contributed by atoms with van der Waals surface area (Å²) in [4.78, 5) is 29.0. The molecule has 2 N–H and O–H groups in total. The smallest absolute Gasteiger partial charge is 0.269 e. The number of rotatable bonds is 4. The van der Waals surface area contributed by atoms with E-state index in [-0.39, 0.29) is 11.7 Å². The summed E-state index contributed by atoms with van der Waals surface area (Å²) in [6, 6.07) is 18.0. The summed E-state index contributed by atoms with van der Waals surface area (Å²) < 4.78 is 1.88. The van der Waals surface area contributed by atoms with E-state index >= 15 is 0 Å². The van der Waals surface area contributed by atoms with Crippen molar-refractivity contribution in [2.24, 2.45) is 0 Å². The molecule has 0 saturated carbocycles. The fourth-order valence-electron chi connectivity index (χ4n) is 3.13. The van der Waals surface area contributed by atoms with E-state index in [0.29, 0.717) is 21.8 Å². The topological polar surface area (TPSA) is 99.3 Å². The molecule has 2 heterocycles. The second kappa shape index (κ2) is 8.68. The van der Waals surface area contributed by atoms with E-state index in [9.17, 15) is 14.9 Å². The summed E-state index contributed by atoms with van der Waals surface area (Å²) in [5.74, 6) is -0.743. The third-order valence-corrected chi connectivity index (χ3v) is 5.88. The van der Waals surface area contributed by atoms with E-state index in [1.807, 2.05) is 41.7 Å². The minimum Gasteiger partial charge on any atom is -0.286 e. The van der Waals surface area contributed by atoms with Crippen molar-refractivity contribution in [2.75, 3.05) is 5.75 Å². The number of fused-ring (bicyclic) bond motifs is 3. The van der Waals surface area contributed by atoms with Crippen LogP contribution in [0.2, 0.25) is 5.02 Å². The zero-order valence-corrected chi connectivity index (χ0v) is 17.9. The molecule has 0 radical (unpaired) electrons. The largest absolute Gasteiger partial charge is 0.286 e. The number of aryl methyl sites for hydroxylation is 1. The Labute approximate surface area is 187 Å². The highest BCUT2D eigenvalue weighted by Crippen LogP contribution is 2.29. The molecule has 154 valence electrons. The summed E-state index contributed by atoms with van der Waals surface area (Å²) >= 11 is 7.11. The Morgan fingerprint density at radius 3 is 2.65 bits per heavy atom. The first-order chi connectivity index (χ1) is 15.0. The molecule has 0 aliphatic rings. The number of nitrogens with zero attached hydrogens (tertiary/aromatic N) is 3. The van der Waals surface area contributed by atoms with Crippen molar-refractivity contribution >= 4 is 51.9 Å². The lowest BCUT2D eigenvalue weighted by Crippen LogP contribution is -2.42. The highest BCUT2D eigenvalue weighted by Gasteiger charge is 2.16. The van der Waals surface area contributed by atoms with Crippen LogP contribution in [-0.4, -0.2) is 27.0 Å². The van der Waals surface area contributed by atoms with Crippen molar-refractivity contribution in [3.8, 4) is 6.07 Å². The van der Waals surface area contributed by atoms with Gasteiger partial charge in [0.1, 0.15) is 6.07 Å². The number of hydrogen-bond donors (Lipinski definition) is 2. The molecule has 4 rings (SSSR count). The number of imidazole rings is 1. The average Bonchev–Trinajstić information content (AvgIpc) is 3.15. The molecule has 31 heavy (non-hydrogen) atoms. The van der Waals surface area contributed by atoms with Crippen LogP contribution in [0.1, 0.15) is 21.5 Å². The molecule has 9 heteroatoms. The fraction of sp³-hybridized carbons (Fsp3) is 0.0909. The summed E-state index contributed by atoms with van der Waals surface area (Å²) in [7, 11) is 0. The van der Waals surface area contributed by atoms with E-state index < -0.39 is 5.91 Å². The Hall–Kier alpha value is -3.54. The molecular weight excluding hydrogens is 434 g/mol. The first kappa shape index (κ1) is 20.7. The summed E-state index contributed by atoms with van der Waals surface area (Å²) in [5, 5.41) is 10.9. The van der Waals surface area contributed by atoms with Crippen LogP contribution in [0.15, 0.2) is 59.6 Å². The Bertz CT molecular complexity index is 1360. The van der Waals surface area contributed by atoms with Gasteiger partial charge in [0.25, 0.3) is 5.91 Å². The number of carbonyl (C=O) groups excluding carboxylic acids is 2. The molecule has 0 unspecified atom stereocenters. The van der Waals surface area contributed by atoms with Crippen LogP contribution < -0.4 is 10.9 Å². The number of pyridine rings is 1. The maximum atomic E-state index is 12.3. The van der Waals surface area contributed by atoms with Crippen molar-refractivity contribution in [3.05, 3.63) is 76.3 Å². The van der Waals surface area contributed by atoms with E-state index in [1.54, 1.807) is 24.3 Å². The van der Waals surface area contributed by atoms with Gasteiger partial charge in [-0.25, -0.2) is 4.98 Å². The maximum absolute atomic E-state index is 12.3. The summed E-state index contributed by atoms with van der Waals surface area (Å²) in [5.41, 5.74) is 8.65. The second-order valence-electron chi connectivity index (χ2n) is 6.71. The molecule has 0 spiro atoms. The first-order valence-electron chi connectivity index (χ1n) is 9.26. The normalized spacial score (nSPS) is 10.7. The summed E-state index contributed by atoms with van der Waals surface area (Å²) in [6.45, 7) is 1.84. The number of hydrogen-bond acceptors (Lipinski definition) is 5. The van der Waals surface area contributed by atoms with Gasteiger partial charge in [-0.3, -0.25) is 24.8 Å². The van der Waals surface area contributed by atoms with E-state index in [0.717, 1.165) is 21.6 Å². The highest BCUT2D eigenvalue weighted by molar-refractivity contribution is 7.99. The van der Waals surface area contributed by atoms with Crippen LogP contribution >= 0.6 is 23.4 Å². The minimum absolute atomic E-state index is 0.0633. The third kappa shape index (κ3) is 4.19. The number of para-hydroxylation sites is 2. The lowest BCUT2D eigenvalue weighted by atomic mass is 10.2. The number of thioether (sulfide) groups is 1. The predicted molar refractivity (Wildman–Crippen MR) is 120 cm³/mol. The van der Waals surface area contributed by atoms with Gasteiger partial charge < -0.3 is 0 Å². The van der Waals surface area contributed by atoms with Crippen LogP contribution in [0.3, 0.4) is 0 Å². The second-order valence-corrected chi connectivity index (χ2v) is 8.14. The first-order valence-corrected chi connectivity index (χ1v) is 10.6. The summed E-state index contributed by atoms with van der Waals surface area (Å²) in [6.07, 6.45) is 0. The number of nitrogens with one attached hydrogen (secondary N) is 2. The van der Waals surface area contributed by atoms with E-state index in [4.69, 9.17) is 11.6 Å². The third-order valence-electron chi connectivity index (χ3n) is 4.62. The molecule has 2 amide bonds. The standard InChI is InChI=1S/C22H16ClN5O2S/c1-13-10-20(28-18-5-3-2-4-17(18)25-21(28)16(13)11-24)31-12-19(29)26-27-22(30)14-6-8-15(23)9-7-14/h2-10H,12H2,1H3,(H,26,29)(H,27,30). The van der Waals surface area contributed by atoms with Crippen LogP contribution in [0, 0.1) is 18.3 Å². The molecule has 0 aliphatic carbocycles. The molecule has 2 aromatic heterocycles. The van der Waals surface area contributed by atoms with Crippen molar-refractivity contribution in [2.45, 2.75) is 11.9 Å². The van der Waals surface area contributed by atoms with E-state index in [1.165, 1.54) is 11.8 Å². The Balaban J connectivity index is 1.51. The molecule has 7 nitrogen and oxygen atoms in total. The van der Waals surface area contributed by atoms with Crippen molar-refractivity contribution in [1.29, 1.82) is 5.26 Å². The number of halogens is 1. The Morgan fingerprint density at radius 1 is 1.16 bits per heavy atom. The number of amides is 2. The number of hydrazine groups is 1. The van der Waals surface area contributed by atoms with Gasteiger partial charge in [-0.15, -0.1) is 0 Å². The molecule has 2 aromatic carbocycles. The number of benzene rings is 2. The van der Waals surface area contributed by atoms with Crippen LogP contribution in [-0.2, 0) is 4.79 Å². The van der Waals surface area contributed by atoms with Gasteiger partial charge in [-0.1, -0.05) is 35.5 Å².